The molecule has 0 atom stereocenters. The monoisotopic (exact) mass is 301 g/mol. The summed E-state index contributed by atoms with van der Waals surface area (Å²) in [5, 5.41) is -3.05. The molecule has 0 aliphatic rings. The summed E-state index contributed by atoms with van der Waals surface area (Å²) in [4.78, 5) is 0.283. The number of nitrogens with two attached hydrogens (primary N) is 1. The second kappa shape index (κ2) is 7.36. The molecule has 0 heterocycles. The minimum absolute atomic E-state index is 0.283. The number of thioether (sulfide) groups is 1. The van der Waals surface area contributed by atoms with Crippen molar-refractivity contribution in [2.24, 2.45) is 5.73 Å². The topological polar surface area (TPSA) is 44.5 Å². The highest BCUT2D eigenvalue weighted by Crippen LogP contribution is 2.44. The predicted octanol–water partition coefficient (Wildman–Crippen LogP) is 2.91. The third-order valence-corrected chi connectivity index (χ3v) is 3.53. The summed E-state index contributed by atoms with van der Waals surface area (Å²) in [5.41, 5.74) is 6.33. The van der Waals surface area contributed by atoms with Crippen LogP contribution in [0.3, 0.4) is 0 Å². The average molecular weight is 301 g/mol. The number of terminal acetylenes is 1. The number of alkyl halides is 2. The van der Waals surface area contributed by atoms with Crippen LogP contribution < -0.4 is 15.2 Å². The standard InChI is InChI=1S/C14H17F2NO2S/c1-4-6-14(15,16)20-13-9-11(18-2)10(5-7-17)8-12(13)19-3/h1,8-9H,5-7,17H2,2-3H3. The van der Waals surface area contributed by atoms with Crippen molar-refractivity contribution in [3.63, 3.8) is 0 Å². The fourth-order valence-electron chi connectivity index (χ4n) is 1.68. The average Bonchev–Trinajstić information content (AvgIpc) is 2.39. The van der Waals surface area contributed by atoms with E-state index in [9.17, 15) is 8.78 Å². The third-order valence-electron chi connectivity index (χ3n) is 2.55. The minimum atomic E-state index is -3.05. The van der Waals surface area contributed by atoms with Crippen LogP contribution in [0.2, 0.25) is 0 Å². The van der Waals surface area contributed by atoms with Crippen molar-refractivity contribution in [2.45, 2.75) is 23.0 Å². The molecule has 1 rings (SSSR count). The molecular weight excluding hydrogens is 284 g/mol. The fraction of sp³-hybridized carbons (Fsp3) is 0.429. The number of hydrogen-bond acceptors (Lipinski definition) is 4. The Morgan fingerprint density at radius 1 is 1.30 bits per heavy atom. The Kier molecular flexibility index (Phi) is 6.11. The zero-order chi connectivity index (χ0) is 15.2. The molecule has 0 spiro atoms. The molecule has 3 nitrogen and oxygen atoms in total. The van der Waals surface area contributed by atoms with E-state index in [2.05, 4.69) is 0 Å². The lowest BCUT2D eigenvalue weighted by Crippen LogP contribution is -2.10. The highest BCUT2D eigenvalue weighted by atomic mass is 32.2. The van der Waals surface area contributed by atoms with Gasteiger partial charge in [0.1, 0.15) is 11.5 Å². The lowest BCUT2D eigenvalue weighted by atomic mass is 10.1. The maximum atomic E-state index is 13.6. The molecule has 0 saturated carbocycles. The van der Waals surface area contributed by atoms with Gasteiger partial charge in [-0.2, -0.15) is 8.78 Å². The van der Waals surface area contributed by atoms with E-state index < -0.39 is 11.7 Å². The van der Waals surface area contributed by atoms with Crippen LogP contribution in [-0.4, -0.2) is 26.0 Å². The van der Waals surface area contributed by atoms with Crippen molar-refractivity contribution in [1.82, 2.24) is 0 Å². The first-order valence-electron chi connectivity index (χ1n) is 5.92. The molecule has 1 aromatic carbocycles. The number of ether oxygens (including phenoxy) is 2. The Labute approximate surface area is 121 Å². The van der Waals surface area contributed by atoms with Gasteiger partial charge in [0.25, 0.3) is 0 Å². The minimum Gasteiger partial charge on any atom is -0.496 e. The maximum Gasteiger partial charge on any atom is 0.309 e. The summed E-state index contributed by atoms with van der Waals surface area (Å²) in [6.45, 7) is 0.430. The van der Waals surface area contributed by atoms with Crippen LogP contribution in [-0.2, 0) is 6.42 Å². The first-order chi connectivity index (χ1) is 9.47. The van der Waals surface area contributed by atoms with Crippen LogP contribution in [0.4, 0.5) is 8.78 Å². The molecule has 1 aromatic rings. The maximum absolute atomic E-state index is 13.6. The zero-order valence-corrected chi connectivity index (χ0v) is 12.2. The molecule has 20 heavy (non-hydrogen) atoms. The van der Waals surface area contributed by atoms with Gasteiger partial charge >= 0.3 is 5.25 Å². The smallest absolute Gasteiger partial charge is 0.309 e. The van der Waals surface area contributed by atoms with E-state index in [-0.39, 0.29) is 4.90 Å². The van der Waals surface area contributed by atoms with Crippen LogP contribution in [0, 0.1) is 12.3 Å². The molecule has 0 aliphatic carbocycles. The van der Waals surface area contributed by atoms with Crippen molar-refractivity contribution in [3.8, 4) is 23.8 Å². The van der Waals surface area contributed by atoms with E-state index in [1.54, 1.807) is 6.07 Å². The van der Waals surface area contributed by atoms with Gasteiger partial charge in [-0.25, -0.2) is 0 Å². The SMILES string of the molecule is C#CCC(F)(F)Sc1cc(OC)c(CCN)cc1OC. The molecule has 0 aromatic heterocycles. The Bertz CT molecular complexity index is 501. The Hall–Kier alpha value is -1.45. The highest BCUT2D eigenvalue weighted by Gasteiger charge is 2.31. The molecular formula is C14H17F2NO2S. The molecule has 0 unspecified atom stereocenters. The van der Waals surface area contributed by atoms with Gasteiger partial charge in [0.2, 0.25) is 0 Å². The first kappa shape index (κ1) is 16.6. The molecule has 6 heteroatoms. The summed E-state index contributed by atoms with van der Waals surface area (Å²) >= 11 is 0.366. The van der Waals surface area contributed by atoms with Gasteiger partial charge in [-0.3, -0.25) is 0 Å². The molecule has 2 N–H and O–H groups in total. The van der Waals surface area contributed by atoms with Crippen molar-refractivity contribution < 1.29 is 18.3 Å². The second-order valence-electron chi connectivity index (χ2n) is 3.97. The number of halogens is 2. The summed E-state index contributed by atoms with van der Waals surface area (Å²) in [6.07, 6.45) is 4.87. The molecule has 0 saturated heterocycles. The molecule has 0 amide bonds. The molecule has 0 bridgehead atoms. The van der Waals surface area contributed by atoms with Crippen LogP contribution in [0.5, 0.6) is 11.5 Å². The number of benzene rings is 1. The molecule has 0 fully saturated rings. The van der Waals surface area contributed by atoms with Gasteiger partial charge in [-0.1, -0.05) is 5.92 Å². The quantitative estimate of drug-likeness (QED) is 0.621. The Balaban J connectivity index is 3.16. The zero-order valence-electron chi connectivity index (χ0n) is 11.4. The summed E-state index contributed by atoms with van der Waals surface area (Å²) in [5.74, 6) is 2.83. The van der Waals surface area contributed by atoms with Crippen LogP contribution in [0.25, 0.3) is 0 Å². The summed E-state index contributed by atoms with van der Waals surface area (Å²) < 4.78 is 37.6. The van der Waals surface area contributed by atoms with Gasteiger partial charge < -0.3 is 15.2 Å². The predicted molar refractivity (Wildman–Crippen MR) is 76.6 cm³/mol. The summed E-state index contributed by atoms with van der Waals surface area (Å²) in [7, 11) is 2.91. The highest BCUT2D eigenvalue weighted by molar-refractivity contribution is 8.00. The second-order valence-corrected chi connectivity index (χ2v) is 5.22. The molecule has 110 valence electrons. The third kappa shape index (κ3) is 4.29. The van der Waals surface area contributed by atoms with Crippen LogP contribution >= 0.6 is 11.8 Å². The van der Waals surface area contributed by atoms with Crippen LogP contribution in [0.15, 0.2) is 17.0 Å². The van der Waals surface area contributed by atoms with Crippen molar-refractivity contribution in [3.05, 3.63) is 17.7 Å². The fourth-order valence-corrected chi connectivity index (χ4v) is 2.57. The van der Waals surface area contributed by atoms with Gasteiger partial charge in [0.15, 0.2) is 0 Å². The van der Waals surface area contributed by atoms with E-state index in [1.807, 2.05) is 5.92 Å². The van der Waals surface area contributed by atoms with Crippen molar-refractivity contribution >= 4 is 11.8 Å². The van der Waals surface area contributed by atoms with Gasteiger partial charge in [0.05, 0.1) is 25.5 Å². The van der Waals surface area contributed by atoms with E-state index in [0.717, 1.165) is 5.56 Å². The number of rotatable bonds is 7. The van der Waals surface area contributed by atoms with Gasteiger partial charge in [0, 0.05) is 0 Å². The van der Waals surface area contributed by atoms with Gasteiger partial charge in [-0.05, 0) is 42.4 Å². The Morgan fingerprint density at radius 3 is 2.45 bits per heavy atom. The van der Waals surface area contributed by atoms with Crippen molar-refractivity contribution in [2.75, 3.05) is 20.8 Å². The van der Waals surface area contributed by atoms with Gasteiger partial charge in [-0.15, -0.1) is 6.42 Å². The van der Waals surface area contributed by atoms with E-state index >= 15 is 0 Å². The van der Waals surface area contributed by atoms with Crippen LogP contribution in [0.1, 0.15) is 12.0 Å². The molecule has 0 aliphatic heterocycles. The normalized spacial score (nSPS) is 11.0. The first-order valence-corrected chi connectivity index (χ1v) is 6.74. The summed E-state index contributed by atoms with van der Waals surface area (Å²) in [6, 6.07) is 3.19. The Morgan fingerprint density at radius 2 is 1.95 bits per heavy atom. The van der Waals surface area contributed by atoms with E-state index in [1.165, 1.54) is 20.3 Å². The lowest BCUT2D eigenvalue weighted by Gasteiger charge is -2.17. The number of methoxy groups -OCH3 is 2. The largest absolute Gasteiger partial charge is 0.496 e. The molecule has 0 radical (unpaired) electrons. The lowest BCUT2D eigenvalue weighted by molar-refractivity contribution is 0.112. The van der Waals surface area contributed by atoms with E-state index in [4.69, 9.17) is 21.6 Å². The van der Waals surface area contributed by atoms with E-state index in [0.29, 0.717) is 36.2 Å². The van der Waals surface area contributed by atoms with Crippen molar-refractivity contribution in [1.29, 1.82) is 0 Å². The number of hydrogen-bond donors (Lipinski definition) is 1.